The summed E-state index contributed by atoms with van der Waals surface area (Å²) in [6, 6.07) is 0.507. The van der Waals surface area contributed by atoms with Gasteiger partial charge in [0, 0.05) is 24.8 Å². The van der Waals surface area contributed by atoms with E-state index in [4.69, 9.17) is 0 Å². The summed E-state index contributed by atoms with van der Waals surface area (Å²) >= 11 is 0. The Morgan fingerprint density at radius 1 is 1.20 bits per heavy atom. The van der Waals surface area contributed by atoms with Gasteiger partial charge in [0.15, 0.2) is 0 Å². The van der Waals surface area contributed by atoms with Crippen molar-refractivity contribution in [2.24, 2.45) is 0 Å². The Morgan fingerprint density at radius 2 is 1.95 bits per heavy atom. The number of hydrogen-bond donors (Lipinski definition) is 2. The van der Waals surface area contributed by atoms with Crippen LogP contribution in [0.5, 0.6) is 0 Å². The lowest BCUT2D eigenvalue weighted by Crippen LogP contribution is -2.38. The van der Waals surface area contributed by atoms with Crippen LogP contribution in [0.25, 0.3) is 0 Å². The van der Waals surface area contributed by atoms with Crippen LogP contribution in [0.4, 0.5) is 0 Å². The van der Waals surface area contributed by atoms with Crippen LogP contribution in [-0.4, -0.2) is 40.8 Å². The zero-order valence-corrected chi connectivity index (χ0v) is 13.3. The number of hydrogen-bond acceptors (Lipinski definition) is 3. The molecule has 1 unspecified atom stereocenters. The summed E-state index contributed by atoms with van der Waals surface area (Å²) in [5, 5.41) is 11.4. The van der Waals surface area contributed by atoms with Crippen LogP contribution in [0.3, 0.4) is 0 Å². The van der Waals surface area contributed by atoms with E-state index >= 15 is 0 Å². The molecule has 0 fully saturated rings. The predicted molar refractivity (Wildman–Crippen MR) is 83.9 cm³/mol. The standard InChI is InChI=1S/C16H30N4/c1-4-20(5-2)12-13(3)17-11-16-14-9-7-6-8-10-15(14)18-19-16/h13,17H,4-12H2,1-3H3,(H,18,19). The first-order valence-electron chi connectivity index (χ1n) is 8.25. The minimum Gasteiger partial charge on any atom is -0.307 e. The number of aromatic nitrogens is 2. The molecule has 0 saturated carbocycles. The largest absolute Gasteiger partial charge is 0.307 e. The summed E-state index contributed by atoms with van der Waals surface area (Å²) in [7, 11) is 0. The van der Waals surface area contributed by atoms with Gasteiger partial charge >= 0.3 is 0 Å². The molecule has 1 atom stereocenters. The van der Waals surface area contributed by atoms with Crippen molar-refractivity contribution in [2.75, 3.05) is 19.6 Å². The Bertz CT molecular complexity index is 395. The molecule has 0 bridgehead atoms. The van der Waals surface area contributed by atoms with E-state index in [1.54, 1.807) is 0 Å². The number of rotatable bonds is 7. The SMILES string of the molecule is CCN(CC)CC(C)NCc1n[nH]c2c1CCCCC2. The van der Waals surface area contributed by atoms with Crippen molar-refractivity contribution in [1.82, 2.24) is 20.4 Å². The molecule has 0 amide bonds. The van der Waals surface area contributed by atoms with Gasteiger partial charge in [0.05, 0.1) is 5.69 Å². The van der Waals surface area contributed by atoms with Gasteiger partial charge in [0.25, 0.3) is 0 Å². The quantitative estimate of drug-likeness (QED) is 0.753. The third kappa shape index (κ3) is 4.06. The second kappa shape index (κ2) is 7.79. The van der Waals surface area contributed by atoms with Gasteiger partial charge in [-0.2, -0.15) is 5.10 Å². The summed E-state index contributed by atoms with van der Waals surface area (Å²) in [5.41, 5.74) is 4.12. The molecular formula is C16H30N4. The van der Waals surface area contributed by atoms with Gasteiger partial charge < -0.3 is 10.2 Å². The van der Waals surface area contributed by atoms with Crippen LogP contribution < -0.4 is 5.32 Å². The normalized spacial score (nSPS) is 17.0. The first kappa shape index (κ1) is 15.5. The predicted octanol–water partition coefficient (Wildman–Crippen LogP) is 2.50. The minimum atomic E-state index is 0.507. The second-order valence-electron chi connectivity index (χ2n) is 5.96. The highest BCUT2D eigenvalue weighted by Crippen LogP contribution is 2.21. The van der Waals surface area contributed by atoms with Crippen molar-refractivity contribution in [3.05, 3.63) is 17.0 Å². The summed E-state index contributed by atoms with van der Waals surface area (Å²) in [4.78, 5) is 2.46. The number of likely N-dealkylation sites (N-methyl/N-ethyl adjacent to an activating group) is 1. The minimum absolute atomic E-state index is 0.507. The van der Waals surface area contributed by atoms with Crippen LogP contribution in [0.15, 0.2) is 0 Å². The number of nitrogens with zero attached hydrogens (tertiary/aromatic N) is 2. The Kier molecular flexibility index (Phi) is 6.05. The molecule has 2 rings (SSSR count). The van der Waals surface area contributed by atoms with Crippen LogP contribution in [0.2, 0.25) is 0 Å². The van der Waals surface area contributed by atoms with E-state index in [-0.39, 0.29) is 0 Å². The Morgan fingerprint density at radius 3 is 2.70 bits per heavy atom. The van der Waals surface area contributed by atoms with Gasteiger partial charge in [-0.1, -0.05) is 20.3 Å². The van der Waals surface area contributed by atoms with Crippen molar-refractivity contribution in [1.29, 1.82) is 0 Å². The number of aryl methyl sites for hydroxylation is 1. The molecule has 114 valence electrons. The van der Waals surface area contributed by atoms with Gasteiger partial charge in [-0.25, -0.2) is 0 Å². The maximum atomic E-state index is 4.53. The number of H-pyrrole nitrogens is 1. The maximum absolute atomic E-state index is 4.53. The molecule has 1 aromatic heterocycles. The average molecular weight is 278 g/mol. The highest BCUT2D eigenvalue weighted by atomic mass is 15.2. The Hall–Kier alpha value is -0.870. The molecule has 1 heterocycles. The summed E-state index contributed by atoms with van der Waals surface area (Å²) < 4.78 is 0. The fourth-order valence-corrected chi connectivity index (χ4v) is 3.08. The molecule has 0 aromatic carbocycles. The van der Waals surface area contributed by atoms with E-state index in [0.29, 0.717) is 6.04 Å². The summed E-state index contributed by atoms with van der Waals surface area (Å²) in [6.07, 6.45) is 6.35. The Labute approximate surface area is 123 Å². The summed E-state index contributed by atoms with van der Waals surface area (Å²) in [5.74, 6) is 0. The number of fused-ring (bicyclic) bond motifs is 1. The Balaban J connectivity index is 1.86. The van der Waals surface area contributed by atoms with Gasteiger partial charge in [0.2, 0.25) is 0 Å². The lowest BCUT2D eigenvalue weighted by Gasteiger charge is -2.23. The lowest BCUT2D eigenvalue weighted by molar-refractivity contribution is 0.270. The molecule has 20 heavy (non-hydrogen) atoms. The molecule has 2 N–H and O–H groups in total. The smallest absolute Gasteiger partial charge is 0.0794 e. The topological polar surface area (TPSA) is 44.0 Å². The average Bonchev–Trinajstić information content (AvgIpc) is 2.69. The van der Waals surface area contributed by atoms with Crippen molar-refractivity contribution in [3.63, 3.8) is 0 Å². The van der Waals surface area contributed by atoms with E-state index in [0.717, 1.165) is 26.2 Å². The van der Waals surface area contributed by atoms with Gasteiger partial charge in [-0.15, -0.1) is 0 Å². The molecule has 0 aliphatic heterocycles. The fourth-order valence-electron chi connectivity index (χ4n) is 3.08. The lowest BCUT2D eigenvalue weighted by atomic mass is 10.1. The highest BCUT2D eigenvalue weighted by Gasteiger charge is 2.16. The number of aromatic amines is 1. The third-order valence-electron chi connectivity index (χ3n) is 4.44. The zero-order valence-electron chi connectivity index (χ0n) is 13.3. The molecular weight excluding hydrogens is 248 g/mol. The zero-order chi connectivity index (χ0) is 14.4. The van der Waals surface area contributed by atoms with E-state index in [9.17, 15) is 0 Å². The van der Waals surface area contributed by atoms with E-state index in [1.165, 1.54) is 49.1 Å². The highest BCUT2D eigenvalue weighted by molar-refractivity contribution is 5.26. The van der Waals surface area contributed by atoms with Crippen LogP contribution in [0.1, 0.15) is 57.0 Å². The van der Waals surface area contributed by atoms with Gasteiger partial charge in [-0.05, 0) is 51.3 Å². The second-order valence-corrected chi connectivity index (χ2v) is 5.96. The molecule has 1 aliphatic carbocycles. The van der Waals surface area contributed by atoms with Crippen molar-refractivity contribution in [3.8, 4) is 0 Å². The van der Waals surface area contributed by atoms with Crippen molar-refractivity contribution < 1.29 is 0 Å². The maximum Gasteiger partial charge on any atom is 0.0794 e. The monoisotopic (exact) mass is 278 g/mol. The van der Waals surface area contributed by atoms with E-state index in [1.807, 2.05) is 0 Å². The van der Waals surface area contributed by atoms with Crippen molar-refractivity contribution in [2.45, 2.75) is 65.5 Å². The van der Waals surface area contributed by atoms with Crippen LogP contribution in [0, 0.1) is 0 Å². The molecule has 4 heteroatoms. The molecule has 1 aromatic rings. The van der Waals surface area contributed by atoms with Gasteiger partial charge in [0.1, 0.15) is 0 Å². The molecule has 0 saturated heterocycles. The summed E-state index contributed by atoms with van der Waals surface area (Å²) in [6.45, 7) is 11.0. The first-order valence-corrected chi connectivity index (χ1v) is 8.25. The van der Waals surface area contributed by atoms with E-state index < -0.39 is 0 Å². The van der Waals surface area contributed by atoms with E-state index in [2.05, 4.69) is 41.2 Å². The van der Waals surface area contributed by atoms with Crippen molar-refractivity contribution >= 4 is 0 Å². The third-order valence-corrected chi connectivity index (χ3v) is 4.44. The van der Waals surface area contributed by atoms with Crippen LogP contribution in [-0.2, 0) is 19.4 Å². The molecule has 0 spiro atoms. The molecule has 4 nitrogen and oxygen atoms in total. The first-order chi connectivity index (χ1) is 9.74. The van der Waals surface area contributed by atoms with Crippen LogP contribution >= 0.6 is 0 Å². The number of nitrogens with one attached hydrogen (secondary N) is 2. The fraction of sp³-hybridized carbons (Fsp3) is 0.812. The molecule has 1 aliphatic rings. The molecule has 0 radical (unpaired) electrons. The van der Waals surface area contributed by atoms with Gasteiger partial charge in [-0.3, -0.25) is 5.10 Å².